The molecule has 1 aromatic heterocycles. The van der Waals surface area contributed by atoms with Crippen molar-refractivity contribution in [2.24, 2.45) is 0 Å². The summed E-state index contributed by atoms with van der Waals surface area (Å²) in [4.78, 5) is 22.3. The third-order valence-electron chi connectivity index (χ3n) is 2.50. The normalized spacial score (nSPS) is 10.1. The number of carbonyl (C=O) groups excluding carboxylic acids is 1. The SMILES string of the molecule is COc1ccsc1C(=O)Nc1ccc([N+](=O)[O-])cc1O. The standard InChI is InChI=1S/C12H10N2O5S/c1-19-10-4-5-20-11(10)12(16)13-8-3-2-7(14(17)18)6-9(8)15/h2-6,15H,1H3,(H,13,16). The summed E-state index contributed by atoms with van der Waals surface area (Å²) < 4.78 is 5.02. The highest BCUT2D eigenvalue weighted by molar-refractivity contribution is 7.12. The smallest absolute Gasteiger partial charge is 0.273 e. The van der Waals surface area contributed by atoms with Crippen LogP contribution in [-0.4, -0.2) is 23.0 Å². The van der Waals surface area contributed by atoms with Crippen LogP contribution in [0.2, 0.25) is 0 Å². The van der Waals surface area contributed by atoms with Crippen molar-refractivity contribution in [2.45, 2.75) is 0 Å². The summed E-state index contributed by atoms with van der Waals surface area (Å²) in [6.45, 7) is 0. The zero-order valence-corrected chi connectivity index (χ0v) is 11.1. The lowest BCUT2D eigenvalue weighted by Gasteiger charge is -2.07. The molecule has 0 aliphatic carbocycles. The van der Waals surface area contributed by atoms with Crippen molar-refractivity contribution in [3.05, 3.63) is 44.6 Å². The molecule has 0 saturated carbocycles. The van der Waals surface area contributed by atoms with Crippen LogP contribution in [0.5, 0.6) is 11.5 Å². The molecular formula is C12H10N2O5S. The van der Waals surface area contributed by atoms with Crippen molar-refractivity contribution < 1.29 is 19.6 Å². The zero-order valence-electron chi connectivity index (χ0n) is 10.3. The molecular weight excluding hydrogens is 284 g/mol. The van der Waals surface area contributed by atoms with Crippen molar-refractivity contribution in [2.75, 3.05) is 12.4 Å². The highest BCUT2D eigenvalue weighted by atomic mass is 32.1. The number of nitro benzene ring substituents is 1. The Morgan fingerprint density at radius 3 is 2.80 bits per heavy atom. The van der Waals surface area contributed by atoms with Gasteiger partial charge in [-0.2, -0.15) is 0 Å². The van der Waals surface area contributed by atoms with Crippen LogP contribution in [0.4, 0.5) is 11.4 Å². The fourth-order valence-corrected chi connectivity index (χ4v) is 2.30. The van der Waals surface area contributed by atoms with E-state index in [1.54, 1.807) is 11.4 Å². The van der Waals surface area contributed by atoms with E-state index in [2.05, 4.69) is 5.32 Å². The van der Waals surface area contributed by atoms with E-state index >= 15 is 0 Å². The number of nitro groups is 1. The van der Waals surface area contributed by atoms with Gasteiger partial charge in [0.15, 0.2) is 0 Å². The highest BCUT2D eigenvalue weighted by Gasteiger charge is 2.17. The number of nitrogens with one attached hydrogen (secondary N) is 1. The van der Waals surface area contributed by atoms with Gasteiger partial charge in [0, 0.05) is 6.07 Å². The number of thiophene rings is 1. The van der Waals surface area contributed by atoms with E-state index in [0.717, 1.165) is 6.07 Å². The van der Waals surface area contributed by atoms with Crippen molar-refractivity contribution in [3.8, 4) is 11.5 Å². The third kappa shape index (κ3) is 2.69. The van der Waals surface area contributed by atoms with Gasteiger partial charge in [0.1, 0.15) is 16.4 Å². The van der Waals surface area contributed by atoms with Gasteiger partial charge in [0.25, 0.3) is 11.6 Å². The van der Waals surface area contributed by atoms with Crippen LogP contribution in [0.3, 0.4) is 0 Å². The number of non-ortho nitro benzene ring substituents is 1. The second-order valence-electron chi connectivity index (χ2n) is 3.73. The Labute approximate surface area is 117 Å². The minimum absolute atomic E-state index is 0.0936. The molecule has 0 saturated heterocycles. The van der Waals surface area contributed by atoms with E-state index in [4.69, 9.17) is 4.74 Å². The van der Waals surface area contributed by atoms with E-state index < -0.39 is 10.8 Å². The van der Waals surface area contributed by atoms with E-state index in [1.165, 1.54) is 30.6 Å². The van der Waals surface area contributed by atoms with Crippen LogP contribution < -0.4 is 10.1 Å². The number of carbonyl (C=O) groups is 1. The number of phenolic OH excluding ortho intramolecular Hbond substituents is 1. The molecule has 2 aromatic rings. The maximum atomic E-state index is 12.0. The average molecular weight is 294 g/mol. The van der Waals surface area contributed by atoms with Gasteiger partial charge in [0.2, 0.25) is 0 Å². The number of amides is 1. The Balaban J connectivity index is 2.22. The van der Waals surface area contributed by atoms with Gasteiger partial charge in [-0.05, 0) is 17.5 Å². The number of aromatic hydroxyl groups is 1. The molecule has 0 bridgehead atoms. The van der Waals surface area contributed by atoms with E-state index in [1.807, 2.05) is 0 Å². The Bertz CT molecular complexity index is 668. The first-order valence-electron chi connectivity index (χ1n) is 5.43. The number of phenols is 1. The number of hydrogen-bond donors (Lipinski definition) is 2. The number of benzene rings is 1. The molecule has 1 heterocycles. The lowest BCUT2D eigenvalue weighted by molar-refractivity contribution is -0.384. The Morgan fingerprint density at radius 2 is 2.20 bits per heavy atom. The third-order valence-corrected chi connectivity index (χ3v) is 3.39. The summed E-state index contributed by atoms with van der Waals surface area (Å²) in [7, 11) is 1.45. The minimum atomic E-state index is -0.631. The van der Waals surface area contributed by atoms with Gasteiger partial charge in [-0.15, -0.1) is 11.3 Å². The number of rotatable bonds is 4. The average Bonchev–Trinajstić information content (AvgIpc) is 2.89. The lowest BCUT2D eigenvalue weighted by atomic mass is 10.2. The summed E-state index contributed by atoms with van der Waals surface area (Å²) in [5.41, 5.74) is -0.162. The van der Waals surface area contributed by atoms with Gasteiger partial charge < -0.3 is 15.2 Å². The minimum Gasteiger partial charge on any atom is -0.506 e. The van der Waals surface area contributed by atoms with Gasteiger partial charge in [-0.1, -0.05) is 0 Å². The molecule has 8 heteroatoms. The molecule has 1 aromatic carbocycles. The van der Waals surface area contributed by atoms with Crippen molar-refractivity contribution >= 4 is 28.6 Å². The van der Waals surface area contributed by atoms with Crippen LogP contribution in [-0.2, 0) is 0 Å². The Morgan fingerprint density at radius 1 is 1.45 bits per heavy atom. The molecule has 0 spiro atoms. The van der Waals surface area contributed by atoms with Crippen molar-refractivity contribution in [1.82, 2.24) is 0 Å². The maximum absolute atomic E-state index is 12.0. The molecule has 1 amide bonds. The van der Waals surface area contributed by atoms with Crippen molar-refractivity contribution in [3.63, 3.8) is 0 Å². The molecule has 2 N–H and O–H groups in total. The fourth-order valence-electron chi connectivity index (χ4n) is 1.54. The second kappa shape index (κ2) is 5.57. The first-order chi connectivity index (χ1) is 9.52. The number of ether oxygens (including phenoxy) is 1. The maximum Gasteiger partial charge on any atom is 0.273 e. The largest absolute Gasteiger partial charge is 0.506 e. The predicted octanol–water partition coefficient (Wildman–Crippen LogP) is 2.62. The van der Waals surface area contributed by atoms with E-state index in [-0.39, 0.29) is 17.1 Å². The topological polar surface area (TPSA) is 102 Å². The molecule has 0 fully saturated rings. The van der Waals surface area contributed by atoms with Crippen LogP contribution in [0.25, 0.3) is 0 Å². The number of hydrogen-bond acceptors (Lipinski definition) is 6. The summed E-state index contributed by atoms with van der Waals surface area (Å²) in [6.07, 6.45) is 0. The summed E-state index contributed by atoms with van der Waals surface area (Å²) >= 11 is 1.19. The summed E-state index contributed by atoms with van der Waals surface area (Å²) in [5, 5.41) is 24.4. The first-order valence-corrected chi connectivity index (χ1v) is 6.31. The Kier molecular flexibility index (Phi) is 3.85. The molecule has 0 unspecified atom stereocenters. The zero-order chi connectivity index (χ0) is 14.7. The second-order valence-corrected chi connectivity index (χ2v) is 4.65. The van der Waals surface area contributed by atoms with E-state index in [0.29, 0.717) is 10.6 Å². The van der Waals surface area contributed by atoms with Gasteiger partial charge in [0.05, 0.1) is 23.8 Å². The summed E-state index contributed by atoms with van der Waals surface area (Å²) in [6, 6.07) is 5.09. The first kappa shape index (κ1) is 13.8. The molecule has 20 heavy (non-hydrogen) atoms. The predicted molar refractivity (Wildman–Crippen MR) is 73.6 cm³/mol. The molecule has 0 aliphatic heterocycles. The van der Waals surface area contributed by atoms with Gasteiger partial charge >= 0.3 is 0 Å². The quantitative estimate of drug-likeness (QED) is 0.512. The van der Waals surface area contributed by atoms with Gasteiger partial charge in [-0.3, -0.25) is 14.9 Å². The van der Waals surface area contributed by atoms with Crippen LogP contribution in [0, 0.1) is 10.1 Å². The molecule has 7 nitrogen and oxygen atoms in total. The highest BCUT2D eigenvalue weighted by Crippen LogP contribution is 2.30. The lowest BCUT2D eigenvalue weighted by Crippen LogP contribution is -2.11. The fraction of sp³-hybridized carbons (Fsp3) is 0.0833. The van der Waals surface area contributed by atoms with Crippen LogP contribution in [0.1, 0.15) is 9.67 Å². The summed E-state index contributed by atoms with van der Waals surface area (Å²) in [5.74, 6) is -0.405. The molecule has 0 radical (unpaired) electrons. The number of nitrogens with zero attached hydrogens (tertiary/aromatic N) is 1. The molecule has 104 valence electrons. The van der Waals surface area contributed by atoms with Crippen LogP contribution in [0.15, 0.2) is 29.6 Å². The van der Waals surface area contributed by atoms with Gasteiger partial charge in [-0.25, -0.2) is 0 Å². The van der Waals surface area contributed by atoms with Crippen LogP contribution >= 0.6 is 11.3 Å². The molecule has 0 atom stereocenters. The monoisotopic (exact) mass is 294 g/mol. The van der Waals surface area contributed by atoms with E-state index in [9.17, 15) is 20.0 Å². The molecule has 2 rings (SSSR count). The number of anilines is 1. The van der Waals surface area contributed by atoms with Crippen molar-refractivity contribution in [1.29, 1.82) is 0 Å². The number of methoxy groups -OCH3 is 1. The molecule has 0 aliphatic rings. The Hall–Kier alpha value is -2.61.